The number of hydrogen-bond acceptors (Lipinski definition) is 4. The Morgan fingerprint density at radius 1 is 0.909 bits per heavy atom. The summed E-state index contributed by atoms with van der Waals surface area (Å²) in [5.41, 5.74) is 5.46. The van der Waals surface area contributed by atoms with Crippen molar-refractivity contribution in [3.05, 3.63) is 99.5 Å². The topological polar surface area (TPSA) is 69.3 Å². The largest absolute Gasteiger partial charge is 0.351 e. The van der Waals surface area contributed by atoms with Crippen LogP contribution in [-0.4, -0.2) is 24.9 Å². The number of para-hydroxylation sites is 1. The van der Waals surface area contributed by atoms with E-state index in [1.165, 1.54) is 9.08 Å². The molecule has 6 nitrogen and oxygen atoms in total. The Labute approximate surface area is 191 Å². The number of nitrogens with zero attached hydrogens (tertiary/aromatic N) is 4. The number of aromatic nitrogens is 4. The number of hydrogen-bond donors (Lipinski definition) is 0. The zero-order valence-corrected chi connectivity index (χ0v) is 19.0. The van der Waals surface area contributed by atoms with Gasteiger partial charge in [0.15, 0.2) is 17.3 Å². The van der Waals surface area contributed by atoms with Crippen molar-refractivity contribution >= 4 is 22.3 Å². The van der Waals surface area contributed by atoms with E-state index in [1.54, 1.807) is 6.92 Å². The van der Waals surface area contributed by atoms with Crippen molar-refractivity contribution in [2.75, 3.05) is 0 Å². The third kappa shape index (κ3) is 3.44. The number of aryl methyl sites for hydroxylation is 3. The molecule has 1 unspecified atom stereocenters. The highest BCUT2D eigenvalue weighted by Gasteiger charge is 2.24. The zero-order valence-electron chi connectivity index (χ0n) is 19.0. The predicted octanol–water partition coefficient (Wildman–Crippen LogP) is 5.08. The molecule has 1 atom stereocenters. The number of rotatable bonds is 4. The monoisotopic (exact) mass is 436 g/mol. The van der Waals surface area contributed by atoms with E-state index in [-0.39, 0.29) is 11.5 Å². The van der Waals surface area contributed by atoms with Crippen molar-refractivity contribution < 1.29 is 4.79 Å². The Hall–Kier alpha value is -4.06. The fraction of sp³-hybridized carbons (Fsp3) is 0.185. The number of benzene rings is 3. The van der Waals surface area contributed by atoms with Crippen LogP contribution in [0.1, 0.15) is 40.0 Å². The lowest BCUT2D eigenvalue weighted by Crippen LogP contribution is -2.33. The molecule has 0 bridgehead atoms. The summed E-state index contributed by atoms with van der Waals surface area (Å²) in [6, 6.07) is 20.3. The van der Waals surface area contributed by atoms with Gasteiger partial charge in [0.2, 0.25) is 0 Å². The average Bonchev–Trinajstić information content (AvgIpc) is 3.27. The molecular weight excluding hydrogens is 412 g/mol. The van der Waals surface area contributed by atoms with Gasteiger partial charge in [0.05, 0.1) is 11.6 Å². The summed E-state index contributed by atoms with van der Waals surface area (Å²) >= 11 is 0. The summed E-state index contributed by atoms with van der Waals surface area (Å²) in [5, 5.41) is 5.29. The fourth-order valence-electron chi connectivity index (χ4n) is 4.15. The fourth-order valence-corrected chi connectivity index (χ4v) is 4.15. The molecule has 0 saturated carbocycles. The molecule has 2 aromatic heterocycles. The minimum atomic E-state index is -0.707. The van der Waals surface area contributed by atoms with Crippen molar-refractivity contribution in [1.29, 1.82) is 0 Å². The smallest absolute Gasteiger partial charge is 0.292 e. The molecule has 0 amide bonds. The molecule has 0 aliphatic rings. The Kier molecular flexibility index (Phi) is 4.93. The second-order valence-corrected chi connectivity index (χ2v) is 8.55. The van der Waals surface area contributed by atoms with Gasteiger partial charge in [0, 0.05) is 16.5 Å². The first-order chi connectivity index (χ1) is 15.8. The Morgan fingerprint density at radius 2 is 1.64 bits per heavy atom. The van der Waals surface area contributed by atoms with Crippen molar-refractivity contribution in [3.63, 3.8) is 0 Å². The summed E-state index contributed by atoms with van der Waals surface area (Å²) in [6.07, 6.45) is 0. The number of Topliss-reactive ketones (excluding diaryl/α,β-unsaturated/α-hetero) is 1. The van der Waals surface area contributed by atoms with Crippen LogP contribution in [0.5, 0.6) is 0 Å². The van der Waals surface area contributed by atoms with Crippen LogP contribution in [0.2, 0.25) is 0 Å². The number of carbonyl (C=O) groups excluding carboxylic acids is 1. The Balaban J connectivity index is 1.72. The van der Waals surface area contributed by atoms with E-state index in [0.717, 1.165) is 27.6 Å². The number of ketones is 1. The van der Waals surface area contributed by atoms with Gasteiger partial charge in [-0.3, -0.25) is 9.36 Å². The van der Waals surface area contributed by atoms with Crippen LogP contribution in [-0.2, 0) is 0 Å². The van der Waals surface area contributed by atoms with Gasteiger partial charge in [-0.2, -0.15) is 4.52 Å². The van der Waals surface area contributed by atoms with Crippen LogP contribution in [0.25, 0.3) is 27.9 Å². The third-order valence-corrected chi connectivity index (χ3v) is 6.27. The van der Waals surface area contributed by atoms with Crippen LogP contribution in [0.15, 0.2) is 71.5 Å². The second-order valence-electron chi connectivity index (χ2n) is 8.55. The molecule has 5 rings (SSSR count). The molecule has 0 fully saturated rings. The van der Waals surface area contributed by atoms with E-state index in [9.17, 15) is 9.59 Å². The van der Waals surface area contributed by atoms with E-state index in [0.29, 0.717) is 22.6 Å². The molecule has 0 N–H and O–H groups in total. The lowest BCUT2D eigenvalue weighted by atomic mass is 10.00. The maximum Gasteiger partial charge on any atom is 0.351 e. The second kappa shape index (κ2) is 7.81. The molecule has 0 aliphatic heterocycles. The molecule has 0 aliphatic carbocycles. The maximum absolute atomic E-state index is 13.6. The predicted molar refractivity (Wildman–Crippen MR) is 130 cm³/mol. The summed E-state index contributed by atoms with van der Waals surface area (Å²) < 4.78 is 2.83. The van der Waals surface area contributed by atoms with Crippen molar-refractivity contribution in [3.8, 4) is 11.4 Å². The van der Waals surface area contributed by atoms with Gasteiger partial charge >= 0.3 is 5.69 Å². The van der Waals surface area contributed by atoms with E-state index < -0.39 is 6.04 Å². The Bertz CT molecular complexity index is 1590. The minimum Gasteiger partial charge on any atom is -0.292 e. The van der Waals surface area contributed by atoms with E-state index in [2.05, 4.69) is 10.1 Å². The molecule has 0 saturated heterocycles. The molecule has 164 valence electrons. The average molecular weight is 437 g/mol. The van der Waals surface area contributed by atoms with Crippen molar-refractivity contribution in [2.45, 2.75) is 33.7 Å². The molecule has 3 aromatic carbocycles. The van der Waals surface area contributed by atoms with Crippen LogP contribution in [0.4, 0.5) is 0 Å². The highest BCUT2D eigenvalue weighted by atomic mass is 16.2. The molecular formula is C27H24N4O2. The standard InChI is InChI=1S/C27H24N4O2/c1-16-9-12-20(13-10-16)25-28-26-22-7-5-6-8-23(22)30(27(33)31(26)29-25)19(4)24(32)21-14-11-17(2)18(3)15-21/h5-15,19H,1-4H3. The van der Waals surface area contributed by atoms with Gasteiger partial charge in [-0.1, -0.05) is 54.1 Å². The highest BCUT2D eigenvalue weighted by Crippen LogP contribution is 2.25. The molecule has 0 spiro atoms. The van der Waals surface area contributed by atoms with Gasteiger partial charge in [-0.05, 0) is 57.0 Å². The van der Waals surface area contributed by atoms with Crippen molar-refractivity contribution in [1.82, 2.24) is 19.2 Å². The Morgan fingerprint density at radius 3 is 2.36 bits per heavy atom. The summed E-state index contributed by atoms with van der Waals surface area (Å²) in [6.45, 7) is 7.76. The first-order valence-electron chi connectivity index (χ1n) is 10.9. The zero-order chi connectivity index (χ0) is 23.3. The lowest BCUT2D eigenvalue weighted by molar-refractivity contribution is 0.0934. The molecule has 5 aromatic rings. The highest BCUT2D eigenvalue weighted by molar-refractivity contribution is 6.00. The quantitative estimate of drug-likeness (QED) is 0.369. The minimum absolute atomic E-state index is 0.122. The third-order valence-electron chi connectivity index (χ3n) is 6.27. The first-order valence-corrected chi connectivity index (χ1v) is 10.9. The first kappa shape index (κ1) is 20.8. The van der Waals surface area contributed by atoms with Gasteiger partial charge < -0.3 is 0 Å². The summed E-state index contributed by atoms with van der Waals surface area (Å²) in [5.74, 6) is 0.353. The van der Waals surface area contributed by atoms with Crippen LogP contribution >= 0.6 is 0 Å². The number of fused-ring (bicyclic) bond motifs is 3. The van der Waals surface area contributed by atoms with Gasteiger partial charge in [-0.15, -0.1) is 5.10 Å². The SMILES string of the molecule is Cc1ccc(-c2nc3c4ccccc4n(C(C)C(=O)c4ccc(C)c(C)c4)c(=O)n3n2)cc1. The molecule has 2 heterocycles. The van der Waals surface area contributed by atoms with Gasteiger partial charge in [0.1, 0.15) is 0 Å². The number of carbonyl (C=O) groups is 1. The summed E-state index contributed by atoms with van der Waals surface area (Å²) in [7, 11) is 0. The van der Waals surface area contributed by atoms with Crippen LogP contribution < -0.4 is 5.69 Å². The summed E-state index contributed by atoms with van der Waals surface area (Å²) in [4.78, 5) is 31.7. The lowest BCUT2D eigenvalue weighted by Gasteiger charge is -2.17. The normalized spacial score (nSPS) is 12.4. The van der Waals surface area contributed by atoms with Crippen LogP contribution in [0.3, 0.4) is 0 Å². The molecule has 33 heavy (non-hydrogen) atoms. The maximum atomic E-state index is 13.6. The molecule has 0 radical (unpaired) electrons. The molecule has 6 heteroatoms. The van der Waals surface area contributed by atoms with Crippen molar-refractivity contribution in [2.24, 2.45) is 0 Å². The van der Waals surface area contributed by atoms with E-state index in [4.69, 9.17) is 0 Å². The van der Waals surface area contributed by atoms with E-state index >= 15 is 0 Å². The van der Waals surface area contributed by atoms with Gasteiger partial charge in [0.25, 0.3) is 0 Å². The van der Waals surface area contributed by atoms with Gasteiger partial charge in [-0.25, -0.2) is 9.78 Å². The van der Waals surface area contributed by atoms with E-state index in [1.807, 2.05) is 87.5 Å². The van der Waals surface area contributed by atoms with Crippen LogP contribution in [0, 0.1) is 20.8 Å².